The molecule has 0 bridgehead atoms. The van der Waals surface area contributed by atoms with Gasteiger partial charge in [-0.25, -0.2) is 19.4 Å². The molecular weight excluding hydrogens is 474 g/mol. The predicted molar refractivity (Wildman–Crippen MR) is 109 cm³/mol. The van der Waals surface area contributed by atoms with Crippen LogP contribution >= 0.6 is 23.2 Å². The smallest absolute Gasteiger partial charge is 0.417 e. The van der Waals surface area contributed by atoms with Crippen LogP contribution in [0.3, 0.4) is 0 Å². The van der Waals surface area contributed by atoms with E-state index in [2.05, 4.69) is 20.4 Å². The van der Waals surface area contributed by atoms with Gasteiger partial charge in [0.05, 0.1) is 21.3 Å². The van der Waals surface area contributed by atoms with Crippen molar-refractivity contribution in [3.05, 3.63) is 63.2 Å². The number of anilines is 1. The molecule has 0 saturated carbocycles. The Balaban J connectivity index is 1.67. The van der Waals surface area contributed by atoms with E-state index in [9.17, 15) is 22.8 Å². The molecule has 8 nitrogen and oxygen atoms in total. The standard InChI is InChI=1S/C19H14Cl2F3N5O3/c1-9-5-10(2)29(28-9)14-4-3-12(20)16(26-14)18(31)32-8-15(30)27-17-13(21)6-11(7-25-17)19(22,23)24/h3-7H,8H2,1-2H3,(H,25,27,30). The third kappa shape index (κ3) is 5.35. The number of hydrogen-bond acceptors (Lipinski definition) is 6. The summed E-state index contributed by atoms with van der Waals surface area (Å²) in [5, 5.41) is 5.99. The zero-order valence-electron chi connectivity index (χ0n) is 16.5. The first kappa shape index (κ1) is 23.5. The number of pyridine rings is 2. The molecule has 32 heavy (non-hydrogen) atoms. The lowest BCUT2D eigenvalue weighted by Crippen LogP contribution is -2.22. The summed E-state index contributed by atoms with van der Waals surface area (Å²) in [6.07, 6.45) is -4.12. The fourth-order valence-corrected chi connectivity index (χ4v) is 3.00. The Labute approximate surface area is 189 Å². The highest BCUT2D eigenvalue weighted by Crippen LogP contribution is 2.32. The van der Waals surface area contributed by atoms with Crippen LogP contribution in [0.1, 0.15) is 27.4 Å². The number of amides is 1. The lowest BCUT2D eigenvalue weighted by molar-refractivity contribution is -0.137. The zero-order valence-corrected chi connectivity index (χ0v) is 18.0. The van der Waals surface area contributed by atoms with Gasteiger partial charge in [-0.3, -0.25) is 4.79 Å². The van der Waals surface area contributed by atoms with Gasteiger partial charge < -0.3 is 10.1 Å². The summed E-state index contributed by atoms with van der Waals surface area (Å²) in [5.41, 5.74) is 0.206. The first-order chi connectivity index (χ1) is 15.0. The normalized spacial score (nSPS) is 11.3. The quantitative estimate of drug-likeness (QED) is 0.535. The highest BCUT2D eigenvalue weighted by molar-refractivity contribution is 6.33. The number of nitrogens with one attached hydrogen (secondary N) is 1. The monoisotopic (exact) mass is 487 g/mol. The Bertz CT molecular complexity index is 1200. The average molecular weight is 488 g/mol. The molecule has 13 heteroatoms. The molecule has 168 valence electrons. The van der Waals surface area contributed by atoms with Gasteiger partial charge in [-0.05, 0) is 38.1 Å². The van der Waals surface area contributed by atoms with E-state index in [1.165, 1.54) is 10.7 Å². The molecule has 3 aromatic rings. The van der Waals surface area contributed by atoms with E-state index >= 15 is 0 Å². The van der Waals surface area contributed by atoms with Gasteiger partial charge in [-0.2, -0.15) is 18.3 Å². The van der Waals surface area contributed by atoms with Crippen LogP contribution < -0.4 is 5.32 Å². The predicted octanol–water partition coefficient (Wildman–Crippen LogP) is 4.40. The number of aryl methyl sites for hydroxylation is 2. The van der Waals surface area contributed by atoms with Gasteiger partial charge >= 0.3 is 12.1 Å². The molecular formula is C19H14Cl2F3N5O3. The Morgan fingerprint density at radius 1 is 1.16 bits per heavy atom. The van der Waals surface area contributed by atoms with Gasteiger partial charge in [0, 0.05) is 11.9 Å². The second kappa shape index (κ2) is 9.13. The van der Waals surface area contributed by atoms with Crippen LogP contribution in [0.25, 0.3) is 5.82 Å². The highest BCUT2D eigenvalue weighted by Gasteiger charge is 2.31. The molecule has 0 aromatic carbocycles. The minimum Gasteiger partial charge on any atom is -0.451 e. The maximum Gasteiger partial charge on any atom is 0.417 e. The second-order valence-corrected chi connectivity index (χ2v) is 7.33. The van der Waals surface area contributed by atoms with Crippen LogP contribution in [-0.4, -0.2) is 38.2 Å². The lowest BCUT2D eigenvalue weighted by Gasteiger charge is -2.11. The molecule has 0 aliphatic heterocycles. The van der Waals surface area contributed by atoms with Crippen molar-refractivity contribution < 1.29 is 27.5 Å². The van der Waals surface area contributed by atoms with E-state index in [0.717, 1.165) is 11.4 Å². The number of hydrogen-bond donors (Lipinski definition) is 1. The maximum absolute atomic E-state index is 12.7. The lowest BCUT2D eigenvalue weighted by atomic mass is 10.3. The molecule has 0 radical (unpaired) electrons. The minimum absolute atomic E-state index is 0.00635. The molecule has 0 atom stereocenters. The summed E-state index contributed by atoms with van der Waals surface area (Å²) in [7, 11) is 0. The summed E-state index contributed by atoms with van der Waals surface area (Å²) in [6, 6.07) is 5.43. The molecule has 0 spiro atoms. The first-order valence-corrected chi connectivity index (χ1v) is 9.61. The van der Waals surface area contributed by atoms with Crippen LogP contribution in [0.2, 0.25) is 10.0 Å². The van der Waals surface area contributed by atoms with Crippen molar-refractivity contribution in [3.8, 4) is 5.82 Å². The molecule has 0 unspecified atom stereocenters. The van der Waals surface area contributed by atoms with Crippen molar-refractivity contribution in [3.63, 3.8) is 0 Å². The number of alkyl halides is 3. The molecule has 0 aliphatic carbocycles. The van der Waals surface area contributed by atoms with Gasteiger partial charge in [0.25, 0.3) is 5.91 Å². The largest absolute Gasteiger partial charge is 0.451 e. The zero-order chi connectivity index (χ0) is 23.6. The van der Waals surface area contributed by atoms with Gasteiger partial charge in [0.2, 0.25) is 0 Å². The van der Waals surface area contributed by atoms with Crippen molar-refractivity contribution in [1.29, 1.82) is 0 Å². The van der Waals surface area contributed by atoms with Crippen LogP contribution in [-0.2, 0) is 15.7 Å². The van der Waals surface area contributed by atoms with Crippen LogP contribution in [0, 0.1) is 13.8 Å². The van der Waals surface area contributed by atoms with Crippen LogP contribution in [0.5, 0.6) is 0 Å². The van der Waals surface area contributed by atoms with E-state index in [0.29, 0.717) is 18.1 Å². The Hall–Kier alpha value is -3.18. The third-order valence-corrected chi connectivity index (χ3v) is 4.61. The molecule has 1 N–H and O–H groups in total. The summed E-state index contributed by atoms with van der Waals surface area (Å²) in [5.74, 6) is -1.86. The van der Waals surface area contributed by atoms with Gasteiger partial charge in [0.1, 0.15) is 0 Å². The highest BCUT2D eigenvalue weighted by atomic mass is 35.5. The van der Waals surface area contributed by atoms with Crippen molar-refractivity contribution in [2.75, 3.05) is 11.9 Å². The van der Waals surface area contributed by atoms with E-state index in [4.69, 9.17) is 27.9 Å². The summed E-state index contributed by atoms with van der Waals surface area (Å²) >= 11 is 11.8. The summed E-state index contributed by atoms with van der Waals surface area (Å²) in [6.45, 7) is 2.82. The number of rotatable bonds is 5. The van der Waals surface area contributed by atoms with Crippen molar-refractivity contribution >= 4 is 40.9 Å². The fourth-order valence-electron chi connectivity index (χ4n) is 2.61. The molecule has 3 rings (SSSR count). The van der Waals surface area contributed by atoms with E-state index < -0.39 is 35.2 Å². The number of halogens is 5. The van der Waals surface area contributed by atoms with E-state index in [-0.39, 0.29) is 16.5 Å². The van der Waals surface area contributed by atoms with Gasteiger partial charge in [-0.1, -0.05) is 23.2 Å². The average Bonchev–Trinajstić information content (AvgIpc) is 3.05. The van der Waals surface area contributed by atoms with Crippen molar-refractivity contribution in [2.45, 2.75) is 20.0 Å². The third-order valence-electron chi connectivity index (χ3n) is 4.01. The molecule has 0 aliphatic rings. The summed E-state index contributed by atoms with van der Waals surface area (Å²) in [4.78, 5) is 32.0. The molecule has 3 aromatic heterocycles. The number of nitrogens with zero attached hydrogens (tertiary/aromatic N) is 4. The SMILES string of the molecule is Cc1cc(C)n(-c2ccc(Cl)c(C(=O)OCC(=O)Nc3ncc(C(F)(F)F)cc3Cl)n2)n1. The minimum atomic E-state index is -4.64. The fraction of sp³-hybridized carbons (Fsp3) is 0.211. The molecule has 3 heterocycles. The molecule has 1 amide bonds. The van der Waals surface area contributed by atoms with E-state index in [1.807, 2.05) is 6.07 Å². The van der Waals surface area contributed by atoms with Gasteiger partial charge in [0.15, 0.2) is 23.9 Å². The van der Waals surface area contributed by atoms with E-state index in [1.54, 1.807) is 19.9 Å². The second-order valence-electron chi connectivity index (χ2n) is 6.52. The van der Waals surface area contributed by atoms with Crippen LogP contribution in [0.4, 0.5) is 19.0 Å². The number of carbonyl (C=O) groups is 2. The number of aromatic nitrogens is 4. The number of ether oxygens (including phenoxy) is 1. The van der Waals surface area contributed by atoms with Gasteiger partial charge in [-0.15, -0.1) is 0 Å². The molecule has 0 fully saturated rings. The Kier molecular flexibility index (Phi) is 6.70. The first-order valence-electron chi connectivity index (χ1n) is 8.85. The number of esters is 1. The number of carbonyl (C=O) groups excluding carboxylic acids is 2. The van der Waals surface area contributed by atoms with Crippen molar-refractivity contribution in [2.24, 2.45) is 0 Å². The topological polar surface area (TPSA) is 99.0 Å². The Morgan fingerprint density at radius 3 is 2.47 bits per heavy atom. The van der Waals surface area contributed by atoms with Crippen molar-refractivity contribution in [1.82, 2.24) is 19.7 Å². The van der Waals surface area contributed by atoms with Crippen LogP contribution in [0.15, 0.2) is 30.5 Å². The Morgan fingerprint density at radius 2 is 1.88 bits per heavy atom. The maximum atomic E-state index is 12.7. The molecule has 0 saturated heterocycles. The summed E-state index contributed by atoms with van der Waals surface area (Å²) < 4.78 is 44.4.